The van der Waals surface area contributed by atoms with E-state index in [1.807, 2.05) is 12.1 Å². The lowest BCUT2D eigenvalue weighted by molar-refractivity contribution is -0.151. The Morgan fingerprint density at radius 1 is 1.15 bits per heavy atom. The summed E-state index contributed by atoms with van der Waals surface area (Å²) in [5.74, 6) is -1.13. The maximum atomic E-state index is 12.9. The summed E-state index contributed by atoms with van der Waals surface area (Å²) in [5, 5.41) is 3.34. The van der Waals surface area contributed by atoms with Gasteiger partial charge in [0.05, 0.1) is 11.5 Å². The van der Waals surface area contributed by atoms with Gasteiger partial charge in [0.15, 0.2) is 6.61 Å². The molecular weight excluding hydrogens is 357 g/mol. The van der Waals surface area contributed by atoms with Gasteiger partial charge in [-0.3, -0.25) is 9.59 Å². The van der Waals surface area contributed by atoms with Crippen molar-refractivity contribution in [3.05, 3.63) is 70.5 Å². The topological polar surface area (TPSA) is 55.4 Å². The van der Waals surface area contributed by atoms with Crippen molar-refractivity contribution in [2.75, 3.05) is 6.61 Å². The molecule has 2 aromatic rings. The fourth-order valence-corrected chi connectivity index (χ4v) is 3.02. The third kappa shape index (κ3) is 4.05. The van der Waals surface area contributed by atoms with E-state index in [-0.39, 0.29) is 18.5 Å². The molecule has 1 atom stereocenters. The summed E-state index contributed by atoms with van der Waals surface area (Å²) in [4.78, 5) is 24.5. The summed E-state index contributed by atoms with van der Waals surface area (Å²) in [6.07, 6.45) is 1.39. The Kier molecular flexibility index (Phi) is 5.28. The van der Waals surface area contributed by atoms with Gasteiger partial charge in [0.25, 0.3) is 5.91 Å². The van der Waals surface area contributed by atoms with Gasteiger partial charge in [-0.05, 0) is 55.2 Å². The van der Waals surface area contributed by atoms with E-state index in [1.54, 1.807) is 31.2 Å². The van der Waals surface area contributed by atoms with Crippen molar-refractivity contribution in [1.29, 1.82) is 0 Å². The van der Waals surface area contributed by atoms with Gasteiger partial charge < -0.3 is 10.1 Å². The molecule has 1 aliphatic rings. The van der Waals surface area contributed by atoms with Crippen molar-refractivity contribution >= 4 is 23.5 Å². The summed E-state index contributed by atoms with van der Waals surface area (Å²) in [6, 6.07) is 12.7. The number of hydrogen-bond acceptors (Lipinski definition) is 3. The molecule has 0 radical (unpaired) electrons. The number of esters is 1. The Morgan fingerprint density at radius 2 is 1.77 bits per heavy atom. The largest absolute Gasteiger partial charge is 0.455 e. The molecule has 26 heavy (non-hydrogen) atoms. The van der Waals surface area contributed by atoms with Crippen LogP contribution in [0.1, 0.15) is 36.9 Å². The molecule has 1 fully saturated rings. The Balaban J connectivity index is 1.53. The minimum absolute atomic E-state index is 0.312. The van der Waals surface area contributed by atoms with Crippen LogP contribution in [0.15, 0.2) is 48.5 Å². The van der Waals surface area contributed by atoms with Gasteiger partial charge in [0.1, 0.15) is 5.82 Å². The molecule has 1 saturated carbocycles. The van der Waals surface area contributed by atoms with E-state index in [2.05, 4.69) is 5.32 Å². The normalized spacial score (nSPS) is 15.8. The summed E-state index contributed by atoms with van der Waals surface area (Å²) in [7, 11) is 0. The number of halogens is 2. The molecule has 1 N–H and O–H groups in total. The highest BCUT2D eigenvalue weighted by molar-refractivity contribution is 6.30. The number of rotatable bonds is 6. The number of amides is 1. The highest BCUT2D eigenvalue weighted by atomic mass is 35.5. The fourth-order valence-electron chi connectivity index (χ4n) is 2.89. The van der Waals surface area contributed by atoms with Gasteiger partial charge in [-0.15, -0.1) is 0 Å². The quantitative estimate of drug-likeness (QED) is 0.778. The molecule has 2 aromatic carbocycles. The third-order valence-electron chi connectivity index (χ3n) is 4.62. The van der Waals surface area contributed by atoms with Gasteiger partial charge in [-0.2, -0.15) is 0 Å². The molecule has 0 bridgehead atoms. The van der Waals surface area contributed by atoms with Crippen LogP contribution in [0.2, 0.25) is 5.02 Å². The Bertz CT molecular complexity index is 801. The Hall–Kier alpha value is -2.40. The van der Waals surface area contributed by atoms with Crippen molar-refractivity contribution in [3.8, 4) is 0 Å². The molecule has 0 aliphatic heterocycles. The zero-order valence-electron chi connectivity index (χ0n) is 14.3. The average Bonchev–Trinajstić information content (AvgIpc) is 3.42. The molecule has 136 valence electrons. The number of ether oxygens (including phenoxy) is 1. The first-order valence-corrected chi connectivity index (χ1v) is 8.77. The Labute approximate surface area is 156 Å². The van der Waals surface area contributed by atoms with Crippen LogP contribution in [0, 0.1) is 5.82 Å². The fraction of sp³-hybridized carbons (Fsp3) is 0.300. The smallest absolute Gasteiger partial charge is 0.317 e. The number of benzene rings is 2. The second-order valence-corrected chi connectivity index (χ2v) is 6.94. The monoisotopic (exact) mass is 375 g/mol. The molecule has 0 heterocycles. The van der Waals surface area contributed by atoms with E-state index in [1.165, 1.54) is 12.1 Å². The van der Waals surface area contributed by atoms with Crippen LogP contribution in [0.3, 0.4) is 0 Å². The van der Waals surface area contributed by atoms with Crippen LogP contribution < -0.4 is 5.32 Å². The lowest BCUT2D eigenvalue weighted by atomic mass is 9.96. The summed E-state index contributed by atoms with van der Waals surface area (Å²) >= 11 is 5.88. The van der Waals surface area contributed by atoms with Gasteiger partial charge >= 0.3 is 5.97 Å². The van der Waals surface area contributed by atoms with E-state index >= 15 is 0 Å². The number of carbonyl (C=O) groups excluding carboxylic acids is 2. The molecule has 0 saturated heterocycles. The molecular formula is C20H19ClFNO3. The van der Waals surface area contributed by atoms with Crippen LogP contribution in [0.4, 0.5) is 4.39 Å². The van der Waals surface area contributed by atoms with Crippen LogP contribution in [0.5, 0.6) is 0 Å². The van der Waals surface area contributed by atoms with E-state index in [0.717, 1.165) is 11.1 Å². The summed E-state index contributed by atoms with van der Waals surface area (Å²) < 4.78 is 18.2. The van der Waals surface area contributed by atoms with Crippen LogP contribution in [-0.2, 0) is 19.7 Å². The number of hydrogen-bond donors (Lipinski definition) is 1. The molecule has 0 aromatic heterocycles. The average molecular weight is 376 g/mol. The van der Waals surface area contributed by atoms with Crippen molar-refractivity contribution in [1.82, 2.24) is 5.32 Å². The Morgan fingerprint density at radius 3 is 2.35 bits per heavy atom. The highest BCUT2D eigenvalue weighted by Crippen LogP contribution is 2.49. The van der Waals surface area contributed by atoms with E-state index < -0.39 is 17.3 Å². The minimum Gasteiger partial charge on any atom is -0.455 e. The van der Waals surface area contributed by atoms with Crippen LogP contribution in [-0.4, -0.2) is 18.5 Å². The van der Waals surface area contributed by atoms with Gasteiger partial charge in [0.2, 0.25) is 0 Å². The molecule has 6 heteroatoms. The molecule has 0 spiro atoms. The molecule has 3 rings (SSSR count). The van der Waals surface area contributed by atoms with Gasteiger partial charge in [-0.25, -0.2) is 4.39 Å². The lowest BCUT2D eigenvalue weighted by Gasteiger charge is -2.17. The lowest BCUT2D eigenvalue weighted by Crippen LogP contribution is -2.33. The van der Waals surface area contributed by atoms with E-state index in [4.69, 9.17) is 16.3 Å². The standard InChI is InChI=1S/C20H19ClFNO3/c1-13(14-2-8-17(22)9-3-14)23-18(24)12-26-19(25)20(10-11-20)15-4-6-16(21)7-5-15/h2-9,13H,10-12H2,1H3,(H,23,24)/t13-/m1/s1. The predicted octanol–water partition coefficient (Wildman–Crippen LogP) is 3.93. The third-order valence-corrected chi connectivity index (χ3v) is 4.87. The number of carbonyl (C=O) groups is 2. The van der Waals surface area contributed by atoms with Crippen LogP contribution in [0.25, 0.3) is 0 Å². The van der Waals surface area contributed by atoms with E-state index in [9.17, 15) is 14.0 Å². The molecule has 0 unspecified atom stereocenters. The first-order valence-electron chi connectivity index (χ1n) is 8.39. The maximum absolute atomic E-state index is 12.9. The zero-order valence-corrected chi connectivity index (χ0v) is 15.1. The van der Waals surface area contributed by atoms with E-state index in [0.29, 0.717) is 17.9 Å². The second kappa shape index (κ2) is 7.46. The van der Waals surface area contributed by atoms with Crippen molar-refractivity contribution in [2.45, 2.75) is 31.2 Å². The summed E-state index contributed by atoms with van der Waals surface area (Å²) in [6.45, 7) is 1.43. The van der Waals surface area contributed by atoms with Crippen molar-refractivity contribution in [3.63, 3.8) is 0 Å². The predicted molar refractivity (Wildman–Crippen MR) is 96.3 cm³/mol. The minimum atomic E-state index is -0.659. The van der Waals surface area contributed by atoms with Crippen LogP contribution >= 0.6 is 11.6 Å². The van der Waals surface area contributed by atoms with Gasteiger partial charge in [-0.1, -0.05) is 35.9 Å². The zero-order chi connectivity index (χ0) is 18.7. The number of nitrogens with one attached hydrogen (secondary N) is 1. The molecule has 1 aliphatic carbocycles. The SMILES string of the molecule is C[C@@H](NC(=O)COC(=O)C1(c2ccc(Cl)cc2)CC1)c1ccc(F)cc1. The van der Waals surface area contributed by atoms with Gasteiger partial charge in [0, 0.05) is 5.02 Å². The first-order chi connectivity index (χ1) is 12.4. The van der Waals surface area contributed by atoms with Crippen molar-refractivity contribution in [2.24, 2.45) is 0 Å². The first kappa shape index (κ1) is 18.4. The maximum Gasteiger partial charge on any atom is 0.317 e. The molecule has 1 amide bonds. The second-order valence-electron chi connectivity index (χ2n) is 6.51. The summed E-state index contributed by atoms with van der Waals surface area (Å²) in [5.41, 5.74) is 0.964. The highest BCUT2D eigenvalue weighted by Gasteiger charge is 2.52. The molecule has 4 nitrogen and oxygen atoms in total. The van der Waals surface area contributed by atoms with Crippen molar-refractivity contribution < 1.29 is 18.7 Å².